The zero-order chi connectivity index (χ0) is 21.3. The maximum Gasteiger partial charge on any atom is 0.295 e. The van der Waals surface area contributed by atoms with Crippen LogP contribution < -0.4 is 0 Å². The van der Waals surface area contributed by atoms with Crippen molar-refractivity contribution in [2.45, 2.75) is 12.1 Å². The van der Waals surface area contributed by atoms with Gasteiger partial charge in [0.25, 0.3) is 11.7 Å². The number of nitrogens with zero attached hydrogens (tertiary/aromatic N) is 2. The highest BCUT2D eigenvalue weighted by atomic mass is 32.1. The highest BCUT2D eigenvalue weighted by molar-refractivity contribution is 7.10. The van der Waals surface area contributed by atoms with Crippen LogP contribution in [-0.2, 0) is 9.59 Å². The minimum Gasteiger partial charge on any atom is -0.507 e. The number of rotatable bonds is 6. The number of carbonyl (C=O) groups is 2. The van der Waals surface area contributed by atoms with Gasteiger partial charge in [0, 0.05) is 17.0 Å². The van der Waals surface area contributed by atoms with Gasteiger partial charge in [-0.2, -0.15) is 0 Å². The molecule has 3 heterocycles. The molecule has 4 rings (SSSR count). The van der Waals surface area contributed by atoms with Crippen molar-refractivity contribution in [2.24, 2.45) is 0 Å². The Labute approximate surface area is 178 Å². The van der Waals surface area contributed by atoms with Crippen LogP contribution in [0.25, 0.3) is 5.76 Å². The number of aliphatic hydroxyl groups excluding tert-OH is 1. The summed E-state index contributed by atoms with van der Waals surface area (Å²) in [6, 6.07) is 15.3. The van der Waals surface area contributed by atoms with Gasteiger partial charge >= 0.3 is 0 Å². The van der Waals surface area contributed by atoms with Crippen LogP contribution in [0.3, 0.4) is 0 Å². The van der Waals surface area contributed by atoms with Crippen LogP contribution in [0.1, 0.15) is 28.3 Å². The number of likely N-dealkylation sites (tertiary alicyclic amines) is 1. The number of likely N-dealkylation sites (N-methyl/N-ethyl adjacent to an activating group) is 1. The molecule has 0 unspecified atom stereocenters. The van der Waals surface area contributed by atoms with Gasteiger partial charge in [-0.25, -0.2) is 0 Å². The largest absolute Gasteiger partial charge is 0.507 e. The number of ketones is 1. The van der Waals surface area contributed by atoms with Crippen molar-refractivity contribution in [1.29, 1.82) is 0 Å². The Bertz CT molecular complexity index is 1060. The summed E-state index contributed by atoms with van der Waals surface area (Å²) in [6.45, 7) is 0.287. The molecular formula is C23H22N2O4S. The standard InChI is InChI=1S/C23H22N2O4S/c1-24(2)16(18-11-7-13-30-18)14-25-20(17-10-6-12-29-17)19(22(27)23(25)28)21(26)15-8-4-3-5-9-15/h3-13,16,20,26H,14H2,1-2H3/b21-19+/t16-,20-/m1/s1. The Morgan fingerprint density at radius 2 is 1.90 bits per heavy atom. The lowest BCUT2D eigenvalue weighted by Gasteiger charge is -2.31. The number of Topliss-reactive ketones (excluding diaryl/α,β-unsaturated/α-hetero) is 1. The van der Waals surface area contributed by atoms with Crippen LogP contribution in [0.5, 0.6) is 0 Å². The normalized spacial score (nSPS) is 19.6. The molecule has 0 bridgehead atoms. The van der Waals surface area contributed by atoms with Gasteiger partial charge in [-0.05, 0) is 37.7 Å². The Kier molecular flexibility index (Phi) is 5.57. The lowest BCUT2D eigenvalue weighted by atomic mass is 9.99. The lowest BCUT2D eigenvalue weighted by Crippen LogP contribution is -2.37. The van der Waals surface area contributed by atoms with Gasteiger partial charge in [0.1, 0.15) is 17.6 Å². The van der Waals surface area contributed by atoms with E-state index in [0.717, 1.165) is 4.88 Å². The summed E-state index contributed by atoms with van der Waals surface area (Å²) < 4.78 is 5.59. The molecule has 1 saturated heterocycles. The first-order valence-electron chi connectivity index (χ1n) is 9.56. The fourth-order valence-electron chi connectivity index (χ4n) is 3.74. The average molecular weight is 423 g/mol. The third kappa shape index (κ3) is 3.58. The molecule has 1 aliphatic heterocycles. The molecule has 7 heteroatoms. The molecule has 154 valence electrons. The van der Waals surface area contributed by atoms with Crippen LogP contribution in [0, 0.1) is 0 Å². The molecule has 2 atom stereocenters. The smallest absolute Gasteiger partial charge is 0.295 e. The fraction of sp³-hybridized carbons (Fsp3) is 0.217. The molecule has 0 radical (unpaired) electrons. The number of hydrogen-bond donors (Lipinski definition) is 1. The van der Waals surface area contributed by atoms with Crippen molar-refractivity contribution in [2.75, 3.05) is 20.6 Å². The van der Waals surface area contributed by atoms with Crippen molar-refractivity contribution >= 4 is 28.8 Å². The molecule has 6 nitrogen and oxygen atoms in total. The minimum atomic E-state index is -0.789. The third-order valence-electron chi connectivity index (χ3n) is 5.26. The maximum atomic E-state index is 13.1. The minimum absolute atomic E-state index is 0.0461. The van der Waals surface area contributed by atoms with Gasteiger partial charge in [0.15, 0.2) is 0 Å². The van der Waals surface area contributed by atoms with E-state index in [1.54, 1.807) is 47.7 Å². The molecule has 3 aromatic rings. The van der Waals surface area contributed by atoms with Crippen molar-refractivity contribution in [1.82, 2.24) is 9.80 Å². The molecule has 0 aliphatic carbocycles. The number of benzene rings is 1. The van der Waals surface area contributed by atoms with Gasteiger partial charge in [-0.1, -0.05) is 36.4 Å². The number of thiophene rings is 1. The molecule has 0 spiro atoms. The van der Waals surface area contributed by atoms with Crippen molar-refractivity contribution < 1.29 is 19.1 Å². The van der Waals surface area contributed by atoms with E-state index in [1.165, 1.54) is 11.2 Å². The van der Waals surface area contributed by atoms with Crippen LogP contribution in [0.4, 0.5) is 0 Å². The van der Waals surface area contributed by atoms with Gasteiger partial charge in [0.05, 0.1) is 17.9 Å². The number of amides is 1. The Morgan fingerprint density at radius 3 is 2.50 bits per heavy atom. The van der Waals surface area contributed by atoms with Gasteiger partial charge < -0.3 is 19.3 Å². The van der Waals surface area contributed by atoms with Crippen LogP contribution in [-0.4, -0.2) is 47.2 Å². The van der Waals surface area contributed by atoms with E-state index in [-0.39, 0.29) is 23.9 Å². The van der Waals surface area contributed by atoms with E-state index in [1.807, 2.05) is 42.6 Å². The molecule has 1 aliphatic rings. The van der Waals surface area contributed by atoms with Crippen LogP contribution >= 0.6 is 11.3 Å². The molecule has 2 aromatic heterocycles. The van der Waals surface area contributed by atoms with E-state index in [4.69, 9.17) is 4.42 Å². The predicted octanol–water partition coefficient (Wildman–Crippen LogP) is 4.07. The topological polar surface area (TPSA) is 74.0 Å². The van der Waals surface area contributed by atoms with Crippen molar-refractivity contribution in [3.05, 3.63) is 88.0 Å². The van der Waals surface area contributed by atoms with Gasteiger partial charge in [-0.3, -0.25) is 9.59 Å². The number of carbonyl (C=O) groups excluding carboxylic acids is 2. The second-order valence-corrected chi connectivity index (χ2v) is 8.31. The van der Waals surface area contributed by atoms with Gasteiger partial charge in [0.2, 0.25) is 0 Å². The maximum absolute atomic E-state index is 13.1. The van der Waals surface area contributed by atoms with Crippen molar-refractivity contribution in [3.8, 4) is 0 Å². The zero-order valence-corrected chi connectivity index (χ0v) is 17.5. The van der Waals surface area contributed by atoms with Gasteiger partial charge in [-0.15, -0.1) is 11.3 Å². The molecule has 1 fully saturated rings. The predicted molar refractivity (Wildman–Crippen MR) is 115 cm³/mol. The quantitative estimate of drug-likeness (QED) is 0.368. The summed E-state index contributed by atoms with van der Waals surface area (Å²) in [5, 5.41) is 12.9. The summed E-state index contributed by atoms with van der Waals surface area (Å²) in [4.78, 5) is 30.7. The molecular weight excluding hydrogens is 400 g/mol. The zero-order valence-electron chi connectivity index (χ0n) is 16.7. The van der Waals surface area contributed by atoms with E-state index < -0.39 is 17.7 Å². The van der Waals surface area contributed by atoms with Crippen LogP contribution in [0.2, 0.25) is 0 Å². The first-order valence-corrected chi connectivity index (χ1v) is 10.4. The number of hydrogen-bond acceptors (Lipinski definition) is 6. The first-order chi connectivity index (χ1) is 14.5. The molecule has 1 amide bonds. The molecule has 1 N–H and O–H groups in total. The average Bonchev–Trinajstić information content (AvgIpc) is 3.50. The SMILES string of the molecule is CN(C)[C@H](CN1C(=O)C(=O)/C(=C(/O)c2ccccc2)[C@H]1c1ccco1)c1cccs1. The summed E-state index contributed by atoms with van der Waals surface area (Å²) in [7, 11) is 3.87. The highest BCUT2D eigenvalue weighted by Gasteiger charge is 2.48. The lowest BCUT2D eigenvalue weighted by molar-refractivity contribution is -0.140. The molecule has 30 heavy (non-hydrogen) atoms. The highest BCUT2D eigenvalue weighted by Crippen LogP contribution is 2.41. The summed E-state index contributed by atoms with van der Waals surface area (Å²) in [6.07, 6.45) is 1.50. The number of furan rings is 1. The van der Waals surface area contributed by atoms with Crippen LogP contribution in [0.15, 0.2) is 76.2 Å². The molecule has 0 saturated carbocycles. The Morgan fingerprint density at radius 1 is 1.13 bits per heavy atom. The second kappa shape index (κ2) is 8.30. The summed E-state index contributed by atoms with van der Waals surface area (Å²) in [5.41, 5.74) is 0.527. The monoisotopic (exact) mass is 422 g/mol. The first kappa shape index (κ1) is 20.1. The summed E-state index contributed by atoms with van der Waals surface area (Å²) >= 11 is 1.60. The van der Waals surface area contributed by atoms with E-state index in [9.17, 15) is 14.7 Å². The molecule has 1 aromatic carbocycles. The van der Waals surface area contributed by atoms with E-state index in [0.29, 0.717) is 11.3 Å². The fourth-order valence-corrected chi connectivity index (χ4v) is 4.65. The summed E-state index contributed by atoms with van der Waals surface area (Å²) in [5.74, 6) is -1.11. The van der Waals surface area contributed by atoms with E-state index >= 15 is 0 Å². The van der Waals surface area contributed by atoms with Crippen molar-refractivity contribution in [3.63, 3.8) is 0 Å². The second-order valence-electron chi connectivity index (χ2n) is 7.33. The Hall–Kier alpha value is -3.16. The third-order valence-corrected chi connectivity index (χ3v) is 6.24. The van der Waals surface area contributed by atoms with E-state index in [2.05, 4.69) is 0 Å². The number of aliphatic hydroxyl groups is 1. The Balaban J connectivity index is 1.80.